The number of benzene rings is 1. The molecule has 10 heteroatoms. The van der Waals surface area contributed by atoms with Gasteiger partial charge in [0.25, 0.3) is 0 Å². The molecule has 0 bridgehead atoms. The highest BCUT2D eigenvalue weighted by molar-refractivity contribution is 7.81. The molecule has 0 aliphatic carbocycles. The van der Waals surface area contributed by atoms with Crippen LogP contribution < -0.4 is 10.1 Å². The van der Waals surface area contributed by atoms with Gasteiger partial charge in [0.1, 0.15) is 16.3 Å². The Balaban J connectivity index is 2.39. The number of thiocarbonyl (C=S) groups is 1. The molecule has 1 amide bonds. The molecular formula is C20H26ClFN2O5S. The molecule has 0 spiro atoms. The SMILES string of the molecule is COc1c(Cl)cccc1NC(=S)C1=C(O)C(CCF)CN(C(=O)OC(C)(C)C)C1O. The number of halogens is 2. The molecule has 1 aromatic carbocycles. The summed E-state index contributed by atoms with van der Waals surface area (Å²) < 4.78 is 23.7. The third-order valence-electron chi connectivity index (χ3n) is 4.38. The van der Waals surface area contributed by atoms with Crippen LogP contribution in [0.5, 0.6) is 5.75 Å². The Labute approximate surface area is 185 Å². The van der Waals surface area contributed by atoms with E-state index in [-0.39, 0.29) is 29.3 Å². The van der Waals surface area contributed by atoms with E-state index in [0.29, 0.717) is 16.5 Å². The van der Waals surface area contributed by atoms with E-state index in [2.05, 4.69) is 5.32 Å². The summed E-state index contributed by atoms with van der Waals surface area (Å²) in [4.78, 5) is 13.6. The fourth-order valence-corrected chi connectivity index (χ4v) is 3.60. The number of nitrogens with zero attached hydrogens (tertiary/aromatic N) is 1. The molecule has 0 saturated carbocycles. The quantitative estimate of drug-likeness (QED) is 0.559. The molecule has 166 valence electrons. The smallest absolute Gasteiger partial charge is 0.412 e. The first-order chi connectivity index (χ1) is 14.0. The minimum atomic E-state index is -1.58. The largest absolute Gasteiger partial charge is 0.511 e. The zero-order valence-corrected chi connectivity index (χ0v) is 18.8. The predicted molar refractivity (Wildman–Crippen MR) is 117 cm³/mol. The molecule has 1 aliphatic heterocycles. The fraction of sp³-hybridized carbons (Fsp3) is 0.500. The molecule has 1 aromatic rings. The van der Waals surface area contributed by atoms with Crippen molar-refractivity contribution >= 4 is 40.6 Å². The Morgan fingerprint density at radius 2 is 2.10 bits per heavy atom. The number of methoxy groups -OCH3 is 1. The number of nitrogens with one attached hydrogen (secondary N) is 1. The molecule has 1 aliphatic rings. The molecular weight excluding hydrogens is 435 g/mol. The second-order valence-electron chi connectivity index (χ2n) is 7.75. The maximum Gasteiger partial charge on any atom is 0.412 e. The second-order valence-corrected chi connectivity index (χ2v) is 8.57. The van der Waals surface area contributed by atoms with Gasteiger partial charge in [0.15, 0.2) is 12.0 Å². The van der Waals surface area contributed by atoms with Crippen molar-refractivity contribution < 1.29 is 28.9 Å². The van der Waals surface area contributed by atoms with Gasteiger partial charge in [-0.05, 0) is 39.3 Å². The van der Waals surface area contributed by atoms with Crippen LogP contribution in [0.15, 0.2) is 29.5 Å². The van der Waals surface area contributed by atoms with Gasteiger partial charge in [-0.15, -0.1) is 0 Å². The number of carbonyl (C=O) groups is 1. The van der Waals surface area contributed by atoms with Crippen molar-refractivity contribution in [2.24, 2.45) is 5.92 Å². The molecule has 2 rings (SSSR count). The van der Waals surface area contributed by atoms with Gasteiger partial charge in [0, 0.05) is 12.5 Å². The van der Waals surface area contributed by atoms with Crippen molar-refractivity contribution in [1.82, 2.24) is 4.90 Å². The summed E-state index contributed by atoms with van der Waals surface area (Å²) in [5, 5.41) is 24.7. The molecule has 30 heavy (non-hydrogen) atoms. The van der Waals surface area contributed by atoms with E-state index >= 15 is 0 Å². The Bertz CT molecular complexity index is 843. The highest BCUT2D eigenvalue weighted by Crippen LogP contribution is 2.35. The number of carbonyl (C=O) groups excluding carboxylic acids is 1. The number of alkyl halides is 1. The molecule has 3 N–H and O–H groups in total. The zero-order chi connectivity index (χ0) is 22.6. The van der Waals surface area contributed by atoms with Crippen LogP contribution in [-0.4, -0.2) is 58.4 Å². The van der Waals surface area contributed by atoms with Crippen LogP contribution in [0, 0.1) is 5.92 Å². The monoisotopic (exact) mass is 460 g/mol. The number of amides is 1. The summed E-state index contributed by atoms with van der Waals surface area (Å²) in [7, 11) is 1.43. The minimum Gasteiger partial charge on any atom is -0.511 e. The molecule has 0 radical (unpaired) electrons. The summed E-state index contributed by atoms with van der Waals surface area (Å²) in [6.07, 6.45) is -2.43. The average molecular weight is 461 g/mol. The van der Waals surface area contributed by atoms with Crippen LogP contribution >= 0.6 is 23.8 Å². The van der Waals surface area contributed by atoms with Crippen molar-refractivity contribution in [3.05, 3.63) is 34.6 Å². The van der Waals surface area contributed by atoms with E-state index in [4.69, 9.17) is 33.3 Å². The van der Waals surface area contributed by atoms with Gasteiger partial charge in [-0.3, -0.25) is 9.29 Å². The van der Waals surface area contributed by atoms with Crippen molar-refractivity contribution in [1.29, 1.82) is 0 Å². The van der Waals surface area contributed by atoms with E-state index in [1.54, 1.807) is 39.0 Å². The normalized spacial score (nSPS) is 19.5. The first-order valence-corrected chi connectivity index (χ1v) is 10.1. The lowest BCUT2D eigenvalue weighted by atomic mass is 9.93. The van der Waals surface area contributed by atoms with Gasteiger partial charge in [-0.25, -0.2) is 4.79 Å². The van der Waals surface area contributed by atoms with E-state index in [1.807, 2.05) is 0 Å². The van der Waals surface area contributed by atoms with Crippen LogP contribution in [0.1, 0.15) is 27.2 Å². The van der Waals surface area contributed by atoms with Gasteiger partial charge in [-0.1, -0.05) is 29.9 Å². The van der Waals surface area contributed by atoms with Crippen molar-refractivity contribution in [2.45, 2.75) is 39.0 Å². The Hall–Kier alpha value is -2.10. The summed E-state index contributed by atoms with van der Waals surface area (Å²) in [5.74, 6) is -0.711. The molecule has 0 saturated heterocycles. The third kappa shape index (κ3) is 5.53. The number of anilines is 1. The summed E-state index contributed by atoms with van der Waals surface area (Å²) in [5.41, 5.74) is -0.510. The summed E-state index contributed by atoms with van der Waals surface area (Å²) in [6, 6.07) is 4.94. The molecule has 1 heterocycles. The number of ether oxygens (including phenoxy) is 2. The van der Waals surface area contributed by atoms with Crippen molar-refractivity contribution in [3.63, 3.8) is 0 Å². The highest BCUT2D eigenvalue weighted by atomic mass is 35.5. The maximum absolute atomic E-state index is 13.1. The van der Waals surface area contributed by atoms with Crippen LogP contribution in [-0.2, 0) is 4.74 Å². The van der Waals surface area contributed by atoms with Crippen molar-refractivity contribution in [2.75, 3.05) is 25.6 Å². The molecule has 0 fully saturated rings. The first kappa shape index (κ1) is 24.2. The van der Waals surface area contributed by atoms with Gasteiger partial charge in [0.05, 0.1) is 30.1 Å². The standard InChI is InChI=1S/C20H26ClFN2O5S/c1-20(2,3)29-19(27)24-10-11(8-9-22)15(25)14(18(24)26)17(30)23-13-7-5-6-12(21)16(13)28-4/h5-7,11,18,25-26H,8-10H2,1-4H3,(H,23,30). The molecule has 2 atom stereocenters. The van der Waals surface area contributed by atoms with Gasteiger partial charge in [-0.2, -0.15) is 0 Å². The minimum absolute atomic E-state index is 0.0511. The second kappa shape index (κ2) is 9.80. The van der Waals surface area contributed by atoms with Crippen LogP contribution in [0.2, 0.25) is 5.02 Å². The van der Waals surface area contributed by atoms with Gasteiger partial charge in [0.2, 0.25) is 0 Å². The van der Waals surface area contributed by atoms with Gasteiger partial charge < -0.3 is 25.0 Å². The lowest BCUT2D eigenvalue weighted by Crippen LogP contribution is -2.52. The van der Waals surface area contributed by atoms with Crippen LogP contribution in [0.4, 0.5) is 14.9 Å². The third-order valence-corrected chi connectivity index (χ3v) is 5.00. The average Bonchev–Trinajstić information content (AvgIpc) is 2.63. The topological polar surface area (TPSA) is 91.3 Å². The zero-order valence-electron chi connectivity index (χ0n) is 17.2. The van der Waals surface area contributed by atoms with E-state index < -0.39 is 30.5 Å². The Morgan fingerprint density at radius 1 is 1.43 bits per heavy atom. The van der Waals surface area contributed by atoms with Gasteiger partial charge >= 0.3 is 6.09 Å². The molecule has 2 unspecified atom stereocenters. The number of hydrogen-bond acceptors (Lipinski definition) is 6. The van der Waals surface area contributed by atoms with Crippen molar-refractivity contribution in [3.8, 4) is 5.75 Å². The molecule has 0 aromatic heterocycles. The van der Waals surface area contributed by atoms with E-state index in [9.17, 15) is 19.4 Å². The van der Waals surface area contributed by atoms with E-state index in [1.165, 1.54) is 7.11 Å². The molecule has 7 nitrogen and oxygen atoms in total. The lowest BCUT2D eigenvalue weighted by molar-refractivity contribution is -0.0295. The number of aliphatic hydroxyl groups is 2. The van der Waals surface area contributed by atoms with E-state index in [0.717, 1.165) is 4.90 Å². The fourth-order valence-electron chi connectivity index (χ4n) is 3.02. The van der Waals surface area contributed by atoms with Crippen LogP contribution in [0.3, 0.4) is 0 Å². The predicted octanol–water partition coefficient (Wildman–Crippen LogP) is 4.44. The summed E-state index contributed by atoms with van der Waals surface area (Å²) in [6.45, 7) is 4.23. The number of para-hydroxylation sites is 1. The number of rotatable bonds is 5. The van der Waals surface area contributed by atoms with Crippen LogP contribution in [0.25, 0.3) is 0 Å². The Morgan fingerprint density at radius 3 is 2.67 bits per heavy atom. The Kier molecular flexibility index (Phi) is 7.90. The first-order valence-electron chi connectivity index (χ1n) is 9.30. The lowest BCUT2D eigenvalue weighted by Gasteiger charge is -2.38. The number of aliphatic hydroxyl groups excluding tert-OH is 2. The highest BCUT2D eigenvalue weighted by Gasteiger charge is 2.40. The maximum atomic E-state index is 13.1. The summed E-state index contributed by atoms with van der Waals surface area (Å²) >= 11 is 11.5. The number of hydrogen-bond donors (Lipinski definition) is 3.